The van der Waals surface area contributed by atoms with Gasteiger partial charge in [0.2, 0.25) is 0 Å². The molecular weight excluding hydrogens is 474 g/mol. The number of amides is 1. The first kappa shape index (κ1) is 25.9. The highest BCUT2D eigenvalue weighted by molar-refractivity contribution is 7.87. The van der Waals surface area contributed by atoms with Gasteiger partial charge in [0.15, 0.2) is 5.79 Å². The normalized spacial score (nSPS) is 26.7. The van der Waals surface area contributed by atoms with E-state index >= 15 is 0 Å². The Labute approximate surface area is 199 Å². The van der Waals surface area contributed by atoms with Gasteiger partial charge in [-0.25, -0.2) is 19.9 Å². The molecule has 0 bridgehead atoms. The van der Waals surface area contributed by atoms with Crippen LogP contribution in [-0.2, 0) is 24.4 Å². The Bertz CT molecular complexity index is 1030. The Morgan fingerprint density at radius 1 is 1.27 bits per heavy atom. The van der Waals surface area contributed by atoms with Crippen molar-refractivity contribution in [3.63, 3.8) is 0 Å². The van der Waals surface area contributed by atoms with Crippen molar-refractivity contribution in [1.82, 2.24) is 14.3 Å². The second kappa shape index (κ2) is 8.81. The summed E-state index contributed by atoms with van der Waals surface area (Å²) < 4.78 is 42.5. The molecule has 1 saturated carbocycles. The number of hydrogen-bond donors (Lipinski definition) is 2. The first-order valence-electron chi connectivity index (χ1n) is 10.6. The van der Waals surface area contributed by atoms with Gasteiger partial charge >= 0.3 is 16.3 Å². The highest BCUT2D eigenvalue weighted by atomic mass is 35.5. The SMILES string of the molecule is Cc1nc(Cl)c(C)c(N[C@@H]2C[C@H](CN(C(=O)OC(C)(C)C)S(N)(=O)=O)[C@H]3OC(C)(C)O[C@H]32)n1. The van der Waals surface area contributed by atoms with Gasteiger partial charge in [0.25, 0.3) is 0 Å². The lowest BCUT2D eigenvalue weighted by Gasteiger charge is -2.29. The fraction of sp³-hybridized carbons (Fsp3) is 0.750. The number of nitrogens with one attached hydrogen (secondary N) is 1. The molecule has 186 valence electrons. The molecule has 1 aromatic heterocycles. The number of fused-ring (bicyclic) bond motifs is 1. The average Bonchev–Trinajstić information content (AvgIpc) is 3.08. The summed E-state index contributed by atoms with van der Waals surface area (Å²) in [6.07, 6.45) is -1.51. The molecule has 2 heterocycles. The molecule has 33 heavy (non-hydrogen) atoms. The maximum Gasteiger partial charge on any atom is 0.425 e. The number of carbonyl (C=O) groups excluding carboxylic acids is 1. The van der Waals surface area contributed by atoms with Gasteiger partial charge in [0.05, 0.1) is 12.1 Å². The standard InChI is InChI=1S/C20H32ClN5O6S/c1-10-16(21)23-11(2)24-17(10)25-13-8-12(14-15(13)31-20(6,7)30-14)9-26(33(22,28)29)18(27)32-19(3,4)5/h12-15H,8-9H2,1-7H3,(H2,22,28,29)(H,23,24,25)/t12-,13-,14-,15+/m1/s1. The molecule has 1 amide bonds. The van der Waals surface area contributed by atoms with Crippen LogP contribution >= 0.6 is 11.6 Å². The lowest BCUT2D eigenvalue weighted by atomic mass is 10.1. The van der Waals surface area contributed by atoms with Crippen LogP contribution in [0.25, 0.3) is 0 Å². The first-order chi connectivity index (χ1) is 15.0. The number of ether oxygens (including phenoxy) is 3. The van der Waals surface area contributed by atoms with E-state index in [1.807, 2.05) is 0 Å². The van der Waals surface area contributed by atoms with E-state index in [-0.39, 0.29) is 12.6 Å². The number of anilines is 1. The number of halogens is 1. The van der Waals surface area contributed by atoms with Gasteiger partial charge < -0.3 is 19.5 Å². The van der Waals surface area contributed by atoms with Crippen LogP contribution in [0.15, 0.2) is 0 Å². The highest BCUT2D eigenvalue weighted by Gasteiger charge is 2.55. The Hall–Kier alpha value is -1.73. The predicted molar refractivity (Wildman–Crippen MR) is 122 cm³/mol. The third kappa shape index (κ3) is 6.04. The fourth-order valence-electron chi connectivity index (χ4n) is 4.13. The van der Waals surface area contributed by atoms with Crippen molar-refractivity contribution in [2.75, 3.05) is 11.9 Å². The molecule has 2 aliphatic rings. The van der Waals surface area contributed by atoms with E-state index in [1.54, 1.807) is 48.5 Å². The number of aromatic nitrogens is 2. The molecule has 2 fully saturated rings. The van der Waals surface area contributed by atoms with Crippen LogP contribution in [0.2, 0.25) is 5.15 Å². The van der Waals surface area contributed by atoms with E-state index in [2.05, 4.69) is 15.3 Å². The zero-order chi connectivity index (χ0) is 24.9. The molecule has 11 nitrogen and oxygen atoms in total. The molecular formula is C20H32ClN5O6S. The largest absolute Gasteiger partial charge is 0.443 e. The Balaban J connectivity index is 1.87. The number of nitrogens with zero attached hydrogens (tertiary/aromatic N) is 3. The van der Waals surface area contributed by atoms with E-state index < -0.39 is 45.8 Å². The van der Waals surface area contributed by atoms with E-state index in [9.17, 15) is 13.2 Å². The van der Waals surface area contributed by atoms with Gasteiger partial charge in [-0.1, -0.05) is 11.6 Å². The summed E-state index contributed by atoms with van der Waals surface area (Å²) in [5.41, 5.74) is -0.209. The minimum Gasteiger partial charge on any atom is -0.443 e. The maximum absolute atomic E-state index is 12.6. The van der Waals surface area contributed by atoms with E-state index in [4.69, 9.17) is 31.0 Å². The van der Waals surface area contributed by atoms with Gasteiger partial charge in [-0.05, 0) is 54.9 Å². The van der Waals surface area contributed by atoms with Gasteiger partial charge in [0.1, 0.15) is 28.5 Å². The number of aryl methyl sites for hydroxylation is 1. The minimum atomic E-state index is -4.37. The molecule has 4 atom stereocenters. The number of rotatable bonds is 5. The Morgan fingerprint density at radius 3 is 2.45 bits per heavy atom. The minimum absolute atomic E-state index is 0.213. The monoisotopic (exact) mass is 505 g/mol. The molecule has 1 aliphatic carbocycles. The van der Waals surface area contributed by atoms with Gasteiger partial charge in [0, 0.05) is 18.0 Å². The number of hydrogen-bond acceptors (Lipinski definition) is 9. The van der Waals surface area contributed by atoms with Crippen molar-refractivity contribution in [2.45, 2.75) is 84.5 Å². The van der Waals surface area contributed by atoms with Crippen molar-refractivity contribution in [3.05, 3.63) is 16.5 Å². The summed E-state index contributed by atoms with van der Waals surface area (Å²) in [6.45, 7) is 11.8. The molecule has 3 rings (SSSR count). The molecule has 0 aromatic carbocycles. The quantitative estimate of drug-likeness (QED) is 0.576. The van der Waals surface area contributed by atoms with Gasteiger partial charge in [-0.2, -0.15) is 12.7 Å². The smallest absolute Gasteiger partial charge is 0.425 e. The van der Waals surface area contributed by atoms with Crippen molar-refractivity contribution < 1.29 is 27.4 Å². The topological polar surface area (TPSA) is 146 Å². The molecule has 0 spiro atoms. The van der Waals surface area contributed by atoms with Crippen LogP contribution < -0.4 is 10.5 Å². The molecule has 1 aliphatic heterocycles. The fourth-order valence-corrected chi connectivity index (χ4v) is 4.98. The van der Waals surface area contributed by atoms with Crippen LogP contribution in [0.5, 0.6) is 0 Å². The van der Waals surface area contributed by atoms with Gasteiger partial charge in [-0.3, -0.25) is 0 Å². The van der Waals surface area contributed by atoms with E-state index in [0.717, 1.165) is 0 Å². The average molecular weight is 506 g/mol. The molecule has 13 heteroatoms. The Morgan fingerprint density at radius 2 is 1.88 bits per heavy atom. The van der Waals surface area contributed by atoms with Crippen LogP contribution in [0, 0.1) is 19.8 Å². The summed E-state index contributed by atoms with van der Waals surface area (Å²) in [5.74, 6) is -0.228. The third-order valence-corrected chi connectivity index (χ3v) is 6.69. The summed E-state index contributed by atoms with van der Waals surface area (Å²) in [7, 11) is -4.37. The maximum atomic E-state index is 12.6. The van der Waals surface area contributed by atoms with Crippen LogP contribution in [0.4, 0.5) is 10.6 Å². The molecule has 0 radical (unpaired) electrons. The number of nitrogens with two attached hydrogens (primary N) is 1. The van der Waals surface area contributed by atoms with Crippen LogP contribution in [0.3, 0.4) is 0 Å². The van der Waals surface area contributed by atoms with Crippen molar-refractivity contribution in [3.8, 4) is 0 Å². The van der Waals surface area contributed by atoms with Crippen molar-refractivity contribution >= 4 is 33.7 Å². The molecule has 1 aromatic rings. The van der Waals surface area contributed by atoms with Gasteiger partial charge in [-0.15, -0.1) is 0 Å². The summed E-state index contributed by atoms with van der Waals surface area (Å²) in [5, 5.41) is 9.05. The summed E-state index contributed by atoms with van der Waals surface area (Å²) in [6, 6.07) is -0.285. The predicted octanol–water partition coefficient (Wildman–Crippen LogP) is 2.51. The lowest BCUT2D eigenvalue weighted by Crippen LogP contribution is -2.47. The molecule has 1 saturated heterocycles. The second-order valence-corrected chi connectivity index (χ2v) is 11.7. The van der Waals surface area contributed by atoms with Crippen LogP contribution in [-0.4, -0.2) is 65.0 Å². The third-order valence-electron chi connectivity index (χ3n) is 5.41. The summed E-state index contributed by atoms with van der Waals surface area (Å²) in [4.78, 5) is 21.2. The zero-order valence-electron chi connectivity index (χ0n) is 19.9. The second-order valence-electron chi connectivity index (χ2n) is 9.90. The van der Waals surface area contributed by atoms with E-state index in [0.29, 0.717) is 33.1 Å². The highest BCUT2D eigenvalue weighted by Crippen LogP contribution is 2.43. The zero-order valence-corrected chi connectivity index (χ0v) is 21.5. The van der Waals surface area contributed by atoms with E-state index in [1.165, 1.54) is 0 Å². The summed E-state index contributed by atoms with van der Waals surface area (Å²) >= 11 is 6.21. The molecule has 3 N–H and O–H groups in total. The molecule has 0 unspecified atom stereocenters. The van der Waals surface area contributed by atoms with Crippen LogP contribution in [0.1, 0.15) is 52.4 Å². The number of carbonyl (C=O) groups is 1. The first-order valence-corrected chi connectivity index (χ1v) is 12.5. The lowest BCUT2D eigenvalue weighted by molar-refractivity contribution is -0.157. The van der Waals surface area contributed by atoms with Crippen molar-refractivity contribution in [1.29, 1.82) is 0 Å². The Kier molecular flexibility index (Phi) is 6.91. The van der Waals surface area contributed by atoms with Crippen molar-refractivity contribution in [2.24, 2.45) is 11.1 Å².